The van der Waals surface area contributed by atoms with Gasteiger partial charge in [-0.1, -0.05) is 30.2 Å². The number of nitrogens with one attached hydrogen (secondary N) is 1. The van der Waals surface area contributed by atoms with Crippen molar-refractivity contribution in [3.8, 4) is 17.0 Å². The molecule has 0 amide bonds. The van der Waals surface area contributed by atoms with Crippen molar-refractivity contribution in [2.24, 2.45) is 0 Å². The van der Waals surface area contributed by atoms with E-state index in [-0.39, 0.29) is 0 Å². The Bertz CT molecular complexity index is 920. The number of aromatic nitrogens is 2. The standard InChI is InChI=1S/C24H28N4O/c1-19-6-5-7-20(16-19)23-17-24(26-18-25-23)27-21-8-10-22(11-9-21)29-15-14-28-12-3-2-4-13-28/h5-11,16-18H,2-4,12-15H2,1H3,(H,25,26,27). The number of hydrogen-bond acceptors (Lipinski definition) is 5. The number of anilines is 2. The molecule has 2 aromatic carbocycles. The van der Waals surface area contributed by atoms with Gasteiger partial charge in [-0.05, 0) is 63.2 Å². The van der Waals surface area contributed by atoms with Crippen LogP contribution < -0.4 is 10.1 Å². The normalized spacial score (nSPS) is 14.5. The molecule has 4 rings (SSSR count). The van der Waals surface area contributed by atoms with Crippen LogP contribution in [0.2, 0.25) is 0 Å². The van der Waals surface area contributed by atoms with E-state index in [0.717, 1.165) is 41.7 Å². The Hall–Kier alpha value is -2.92. The Morgan fingerprint density at radius 3 is 2.59 bits per heavy atom. The number of likely N-dealkylation sites (tertiary alicyclic amines) is 1. The van der Waals surface area contributed by atoms with Crippen molar-refractivity contribution in [1.29, 1.82) is 0 Å². The molecule has 0 atom stereocenters. The number of nitrogens with zero attached hydrogens (tertiary/aromatic N) is 3. The number of ether oxygens (including phenoxy) is 1. The van der Waals surface area contributed by atoms with Gasteiger partial charge in [0.2, 0.25) is 0 Å². The summed E-state index contributed by atoms with van der Waals surface area (Å²) in [5.74, 6) is 1.67. The van der Waals surface area contributed by atoms with Gasteiger partial charge in [0.15, 0.2) is 0 Å². The highest BCUT2D eigenvalue weighted by Crippen LogP contribution is 2.23. The van der Waals surface area contributed by atoms with Gasteiger partial charge in [-0.15, -0.1) is 0 Å². The third-order valence-electron chi connectivity index (χ3n) is 5.23. The van der Waals surface area contributed by atoms with Gasteiger partial charge in [-0.3, -0.25) is 4.90 Å². The zero-order chi connectivity index (χ0) is 19.9. The van der Waals surface area contributed by atoms with Crippen LogP contribution in [0.4, 0.5) is 11.5 Å². The fourth-order valence-corrected chi connectivity index (χ4v) is 3.65. The molecule has 1 aromatic heterocycles. The smallest absolute Gasteiger partial charge is 0.134 e. The molecular formula is C24H28N4O. The van der Waals surface area contributed by atoms with Gasteiger partial charge in [0.25, 0.3) is 0 Å². The van der Waals surface area contributed by atoms with Crippen LogP contribution in [0, 0.1) is 6.92 Å². The highest BCUT2D eigenvalue weighted by atomic mass is 16.5. The van der Waals surface area contributed by atoms with Crippen LogP contribution in [-0.2, 0) is 0 Å². The van der Waals surface area contributed by atoms with Crippen LogP contribution in [0.1, 0.15) is 24.8 Å². The first-order valence-corrected chi connectivity index (χ1v) is 10.4. The zero-order valence-corrected chi connectivity index (χ0v) is 17.0. The minimum absolute atomic E-state index is 0.735. The predicted molar refractivity (Wildman–Crippen MR) is 118 cm³/mol. The fourth-order valence-electron chi connectivity index (χ4n) is 3.65. The van der Waals surface area contributed by atoms with Crippen molar-refractivity contribution in [2.75, 3.05) is 31.6 Å². The molecule has 29 heavy (non-hydrogen) atoms. The molecular weight excluding hydrogens is 360 g/mol. The summed E-state index contributed by atoms with van der Waals surface area (Å²) in [7, 11) is 0. The lowest BCUT2D eigenvalue weighted by atomic mass is 10.1. The minimum Gasteiger partial charge on any atom is -0.492 e. The summed E-state index contributed by atoms with van der Waals surface area (Å²) < 4.78 is 5.91. The van der Waals surface area contributed by atoms with E-state index < -0.39 is 0 Å². The zero-order valence-electron chi connectivity index (χ0n) is 17.0. The van der Waals surface area contributed by atoms with Crippen LogP contribution in [0.25, 0.3) is 11.3 Å². The summed E-state index contributed by atoms with van der Waals surface area (Å²) in [4.78, 5) is 11.2. The van der Waals surface area contributed by atoms with E-state index in [9.17, 15) is 0 Å². The molecule has 150 valence electrons. The Morgan fingerprint density at radius 1 is 0.966 bits per heavy atom. The first-order valence-electron chi connectivity index (χ1n) is 10.4. The van der Waals surface area contributed by atoms with Gasteiger partial charge in [0.1, 0.15) is 24.5 Å². The summed E-state index contributed by atoms with van der Waals surface area (Å²) in [5, 5.41) is 3.35. The maximum atomic E-state index is 5.91. The second-order valence-corrected chi connectivity index (χ2v) is 7.56. The number of hydrogen-bond donors (Lipinski definition) is 1. The first kappa shape index (κ1) is 19.4. The Balaban J connectivity index is 1.33. The summed E-state index contributed by atoms with van der Waals surface area (Å²) in [6.45, 7) is 6.23. The maximum absolute atomic E-state index is 5.91. The summed E-state index contributed by atoms with van der Waals surface area (Å²) >= 11 is 0. The highest BCUT2D eigenvalue weighted by molar-refractivity contribution is 5.65. The molecule has 0 bridgehead atoms. The SMILES string of the molecule is Cc1cccc(-c2cc(Nc3ccc(OCCN4CCCCC4)cc3)ncn2)c1. The Morgan fingerprint density at radius 2 is 1.79 bits per heavy atom. The summed E-state index contributed by atoms with van der Waals surface area (Å²) in [5.41, 5.74) is 4.19. The van der Waals surface area contributed by atoms with Gasteiger partial charge in [-0.2, -0.15) is 0 Å². The maximum Gasteiger partial charge on any atom is 0.134 e. The quantitative estimate of drug-likeness (QED) is 0.613. The third kappa shape index (κ3) is 5.55. The second-order valence-electron chi connectivity index (χ2n) is 7.56. The molecule has 0 unspecified atom stereocenters. The Kier molecular flexibility index (Phi) is 6.37. The predicted octanol–water partition coefficient (Wildman–Crippen LogP) is 5.06. The average Bonchev–Trinajstić information content (AvgIpc) is 2.76. The van der Waals surface area contributed by atoms with E-state index in [1.165, 1.54) is 37.9 Å². The monoisotopic (exact) mass is 388 g/mol. The first-order chi connectivity index (χ1) is 14.3. The van der Waals surface area contributed by atoms with Crippen molar-refractivity contribution >= 4 is 11.5 Å². The van der Waals surface area contributed by atoms with Crippen molar-refractivity contribution in [3.05, 3.63) is 66.5 Å². The lowest BCUT2D eigenvalue weighted by Gasteiger charge is -2.26. The molecule has 1 saturated heterocycles. The lowest BCUT2D eigenvalue weighted by Crippen LogP contribution is -2.33. The third-order valence-corrected chi connectivity index (χ3v) is 5.23. The molecule has 1 aliphatic heterocycles. The molecule has 3 aromatic rings. The lowest BCUT2D eigenvalue weighted by molar-refractivity contribution is 0.183. The van der Waals surface area contributed by atoms with Gasteiger partial charge < -0.3 is 10.1 Å². The molecule has 0 radical (unpaired) electrons. The number of benzene rings is 2. The molecule has 0 aliphatic carbocycles. The van der Waals surface area contributed by atoms with Crippen LogP contribution in [0.5, 0.6) is 5.75 Å². The van der Waals surface area contributed by atoms with Crippen LogP contribution in [-0.4, -0.2) is 41.1 Å². The van der Waals surface area contributed by atoms with Crippen molar-refractivity contribution < 1.29 is 4.74 Å². The largest absolute Gasteiger partial charge is 0.492 e. The summed E-state index contributed by atoms with van der Waals surface area (Å²) in [6, 6.07) is 18.3. The number of aryl methyl sites for hydroxylation is 1. The van der Waals surface area contributed by atoms with Crippen LogP contribution in [0.15, 0.2) is 60.9 Å². The molecule has 0 spiro atoms. The van der Waals surface area contributed by atoms with Gasteiger partial charge >= 0.3 is 0 Å². The van der Waals surface area contributed by atoms with Crippen molar-refractivity contribution in [3.63, 3.8) is 0 Å². The second kappa shape index (κ2) is 9.52. The Labute approximate surface area is 172 Å². The molecule has 5 nitrogen and oxygen atoms in total. The molecule has 1 N–H and O–H groups in total. The van der Waals surface area contributed by atoms with Crippen LogP contribution >= 0.6 is 0 Å². The van der Waals surface area contributed by atoms with Gasteiger partial charge in [0, 0.05) is 23.9 Å². The topological polar surface area (TPSA) is 50.3 Å². The average molecular weight is 389 g/mol. The minimum atomic E-state index is 0.735. The van der Waals surface area contributed by atoms with Crippen LogP contribution in [0.3, 0.4) is 0 Å². The van der Waals surface area contributed by atoms with E-state index in [1.807, 2.05) is 36.4 Å². The molecule has 1 fully saturated rings. The van der Waals surface area contributed by atoms with E-state index in [4.69, 9.17) is 4.74 Å². The fraction of sp³-hybridized carbons (Fsp3) is 0.333. The van der Waals surface area contributed by atoms with E-state index in [1.54, 1.807) is 6.33 Å². The molecule has 2 heterocycles. The number of rotatable bonds is 7. The van der Waals surface area contributed by atoms with Crippen molar-refractivity contribution in [1.82, 2.24) is 14.9 Å². The van der Waals surface area contributed by atoms with Gasteiger partial charge in [-0.25, -0.2) is 9.97 Å². The number of piperidine rings is 1. The summed E-state index contributed by atoms with van der Waals surface area (Å²) in [6.07, 6.45) is 5.59. The van der Waals surface area contributed by atoms with Gasteiger partial charge in [0.05, 0.1) is 5.69 Å². The van der Waals surface area contributed by atoms with E-state index in [0.29, 0.717) is 0 Å². The van der Waals surface area contributed by atoms with Crippen molar-refractivity contribution in [2.45, 2.75) is 26.2 Å². The molecule has 0 saturated carbocycles. The van der Waals surface area contributed by atoms with E-state index >= 15 is 0 Å². The van der Waals surface area contributed by atoms with E-state index in [2.05, 4.69) is 45.3 Å². The molecule has 5 heteroatoms. The molecule has 1 aliphatic rings. The highest BCUT2D eigenvalue weighted by Gasteiger charge is 2.09.